The first-order valence-electron chi connectivity index (χ1n) is 9.29. The highest BCUT2D eigenvalue weighted by molar-refractivity contribution is 7.22. The number of non-ortho nitro benzene ring substituents is 1. The van der Waals surface area contributed by atoms with Crippen LogP contribution in [0.4, 0.5) is 15.2 Å². The zero-order valence-corrected chi connectivity index (χ0v) is 18.7. The summed E-state index contributed by atoms with van der Waals surface area (Å²) in [6.07, 6.45) is 3.72. The molecule has 0 aliphatic carbocycles. The molecule has 2 aromatic carbocycles. The van der Waals surface area contributed by atoms with Crippen LogP contribution >= 0.6 is 23.7 Å². The Morgan fingerprint density at radius 1 is 1.19 bits per heavy atom. The molecule has 1 amide bonds. The van der Waals surface area contributed by atoms with Gasteiger partial charge in [-0.25, -0.2) is 9.37 Å². The summed E-state index contributed by atoms with van der Waals surface area (Å²) in [4.78, 5) is 31.1. The van der Waals surface area contributed by atoms with E-state index < -0.39 is 10.7 Å². The van der Waals surface area contributed by atoms with E-state index in [9.17, 15) is 19.3 Å². The van der Waals surface area contributed by atoms with Crippen molar-refractivity contribution in [2.45, 2.75) is 6.42 Å². The second kappa shape index (κ2) is 10.9. The Morgan fingerprint density at radius 3 is 2.52 bits per heavy atom. The number of rotatable bonds is 8. The summed E-state index contributed by atoms with van der Waals surface area (Å²) in [5.41, 5.74) is 0.903. The van der Waals surface area contributed by atoms with Gasteiger partial charge in [-0.15, -0.1) is 12.4 Å². The molecule has 0 fully saturated rings. The summed E-state index contributed by atoms with van der Waals surface area (Å²) in [7, 11) is 3.90. The summed E-state index contributed by atoms with van der Waals surface area (Å²) >= 11 is 1.27. The molecule has 3 rings (SSSR count). The molecule has 0 aliphatic heterocycles. The number of hydrogen-bond donors (Lipinski definition) is 0. The number of benzene rings is 2. The van der Waals surface area contributed by atoms with Crippen LogP contribution in [0.25, 0.3) is 16.3 Å². The van der Waals surface area contributed by atoms with Crippen molar-refractivity contribution in [2.75, 3.05) is 32.1 Å². The maximum absolute atomic E-state index is 14.1. The minimum absolute atomic E-state index is 0. The number of para-hydroxylation sites is 1. The quantitative estimate of drug-likeness (QED) is 0.273. The number of fused-ring (bicyclic) bond motifs is 1. The number of nitro benzene ring substituents is 1. The fraction of sp³-hybridized carbons (Fsp3) is 0.238. The lowest BCUT2D eigenvalue weighted by molar-refractivity contribution is -0.384. The fourth-order valence-corrected chi connectivity index (χ4v) is 3.84. The Labute approximate surface area is 189 Å². The van der Waals surface area contributed by atoms with Gasteiger partial charge in [-0.1, -0.05) is 17.4 Å². The average Bonchev–Trinajstić information content (AvgIpc) is 3.15. The Bertz CT molecular complexity index is 1090. The van der Waals surface area contributed by atoms with Gasteiger partial charge in [0.1, 0.15) is 11.3 Å². The van der Waals surface area contributed by atoms with E-state index >= 15 is 0 Å². The molecular weight excluding hydrogens is 443 g/mol. The van der Waals surface area contributed by atoms with Crippen LogP contribution in [0.3, 0.4) is 0 Å². The molecule has 7 nitrogen and oxygen atoms in total. The van der Waals surface area contributed by atoms with E-state index in [0.717, 1.165) is 13.0 Å². The van der Waals surface area contributed by atoms with Gasteiger partial charge in [0.15, 0.2) is 5.13 Å². The van der Waals surface area contributed by atoms with Crippen LogP contribution in [-0.2, 0) is 4.79 Å². The number of nitrogens with zero attached hydrogens (tertiary/aromatic N) is 4. The maximum Gasteiger partial charge on any atom is 0.269 e. The van der Waals surface area contributed by atoms with Gasteiger partial charge in [-0.3, -0.25) is 19.8 Å². The molecule has 164 valence electrons. The molecule has 0 aliphatic rings. The summed E-state index contributed by atoms with van der Waals surface area (Å²) < 4.78 is 14.7. The summed E-state index contributed by atoms with van der Waals surface area (Å²) in [6, 6.07) is 10.7. The Kier molecular flexibility index (Phi) is 8.61. The minimum atomic E-state index is -0.475. The SMILES string of the molecule is CN(C)CCCN(C(=O)C=Cc1ccc([N+](=O)[O-])cc1)c1nc2c(F)cccc2s1.Cl. The number of carbonyl (C=O) groups excluding carboxylic acids is 1. The van der Waals surface area contributed by atoms with Gasteiger partial charge in [0, 0.05) is 24.8 Å². The molecule has 10 heteroatoms. The van der Waals surface area contributed by atoms with Crippen LogP contribution in [0.5, 0.6) is 0 Å². The van der Waals surface area contributed by atoms with Crippen molar-refractivity contribution in [2.24, 2.45) is 0 Å². The number of carbonyl (C=O) groups is 1. The lowest BCUT2D eigenvalue weighted by atomic mass is 10.2. The van der Waals surface area contributed by atoms with Crippen molar-refractivity contribution in [1.82, 2.24) is 9.88 Å². The van der Waals surface area contributed by atoms with Crippen molar-refractivity contribution in [3.63, 3.8) is 0 Å². The highest BCUT2D eigenvalue weighted by Crippen LogP contribution is 2.30. The topological polar surface area (TPSA) is 79.6 Å². The third kappa shape index (κ3) is 6.30. The highest BCUT2D eigenvalue weighted by Gasteiger charge is 2.19. The largest absolute Gasteiger partial charge is 0.309 e. The lowest BCUT2D eigenvalue weighted by Crippen LogP contribution is -2.32. The smallest absolute Gasteiger partial charge is 0.269 e. The van der Waals surface area contributed by atoms with Crippen LogP contribution in [0.1, 0.15) is 12.0 Å². The van der Waals surface area contributed by atoms with E-state index in [2.05, 4.69) is 4.98 Å². The summed E-state index contributed by atoms with van der Waals surface area (Å²) in [6.45, 7) is 1.22. The van der Waals surface area contributed by atoms with Gasteiger partial charge < -0.3 is 4.90 Å². The lowest BCUT2D eigenvalue weighted by Gasteiger charge is -2.19. The molecule has 0 bridgehead atoms. The molecule has 0 saturated carbocycles. The molecule has 0 unspecified atom stereocenters. The number of aromatic nitrogens is 1. The molecular formula is C21H22ClFN4O3S. The Morgan fingerprint density at radius 2 is 1.90 bits per heavy atom. The number of nitro groups is 1. The highest BCUT2D eigenvalue weighted by atomic mass is 35.5. The first-order valence-corrected chi connectivity index (χ1v) is 10.1. The van der Waals surface area contributed by atoms with Crippen LogP contribution in [-0.4, -0.2) is 47.9 Å². The predicted octanol–water partition coefficient (Wildman–Crippen LogP) is 4.76. The molecule has 1 heterocycles. The monoisotopic (exact) mass is 464 g/mol. The normalized spacial score (nSPS) is 11.1. The van der Waals surface area contributed by atoms with Crippen LogP contribution in [0, 0.1) is 15.9 Å². The summed E-state index contributed by atoms with van der Waals surface area (Å²) in [5, 5.41) is 11.2. The van der Waals surface area contributed by atoms with Gasteiger partial charge in [0.25, 0.3) is 11.6 Å². The number of amides is 1. The molecule has 0 N–H and O–H groups in total. The van der Waals surface area contributed by atoms with Crippen molar-refractivity contribution in [3.8, 4) is 0 Å². The van der Waals surface area contributed by atoms with Crippen molar-refractivity contribution in [1.29, 1.82) is 0 Å². The van der Waals surface area contributed by atoms with Gasteiger partial charge in [0.2, 0.25) is 0 Å². The standard InChI is InChI=1S/C21H21FN4O3S.ClH/c1-24(2)13-4-14-25(21-23-20-17(22)5-3-6-18(20)30-21)19(27)12-9-15-7-10-16(11-8-15)26(28)29;/h3,5-12H,4,13-14H2,1-2H3;1H. The molecule has 3 aromatic rings. The Hall–Kier alpha value is -2.88. The second-order valence-electron chi connectivity index (χ2n) is 6.91. The van der Waals surface area contributed by atoms with Gasteiger partial charge >= 0.3 is 0 Å². The molecule has 0 spiro atoms. The van der Waals surface area contributed by atoms with E-state index in [0.29, 0.717) is 21.9 Å². The molecule has 1 aromatic heterocycles. The molecule has 0 atom stereocenters. The second-order valence-corrected chi connectivity index (χ2v) is 7.92. The predicted molar refractivity (Wildman–Crippen MR) is 124 cm³/mol. The van der Waals surface area contributed by atoms with E-state index in [1.807, 2.05) is 19.0 Å². The van der Waals surface area contributed by atoms with E-state index in [-0.39, 0.29) is 29.5 Å². The number of hydrogen-bond acceptors (Lipinski definition) is 6. The first-order chi connectivity index (χ1) is 14.3. The molecule has 31 heavy (non-hydrogen) atoms. The van der Waals surface area contributed by atoms with Crippen molar-refractivity contribution < 1.29 is 14.1 Å². The van der Waals surface area contributed by atoms with E-state index in [1.54, 1.807) is 30.3 Å². The Balaban J connectivity index is 0.00000341. The van der Waals surface area contributed by atoms with Crippen LogP contribution < -0.4 is 4.90 Å². The fourth-order valence-electron chi connectivity index (χ4n) is 2.83. The number of thiazole rings is 1. The van der Waals surface area contributed by atoms with E-state index in [4.69, 9.17) is 0 Å². The molecule has 0 saturated heterocycles. The molecule has 0 radical (unpaired) electrons. The van der Waals surface area contributed by atoms with Crippen LogP contribution in [0.2, 0.25) is 0 Å². The average molecular weight is 465 g/mol. The van der Waals surface area contributed by atoms with E-state index in [1.165, 1.54) is 40.5 Å². The third-order valence-electron chi connectivity index (χ3n) is 4.36. The minimum Gasteiger partial charge on any atom is -0.309 e. The maximum atomic E-state index is 14.1. The van der Waals surface area contributed by atoms with Gasteiger partial charge in [0.05, 0.1) is 9.62 Å². The van der Waals surface area contributed by atoms with Crippen molar-refractivity contribution >= 4 is 56.8 Å². The zero-order chi connectivity index (χ0) is 21.7. The van der Waals surface area contributed by atoms with Gasteiger partial charge in [-0.05, 0) is 63.0 Å². The first kappa shape index (κ1) is 24.4. The number of anilines is 1. The van der Waals surface area contributed by atoms with Crippen molar-refractivity contribution in [3.05, 3.63) is 70.0 Å². The van der Waals surface area contributed by atoms with Crippen LogP contribution in [0.15, 0.2) is 48.5 Å². The summed E-state index contributed by atoms with van der Waals surface area (Å²) in [5.74, 6) is -0.705. The van der Waals surface area contributed by atoms with Gasteiger partial charge in [-0.2, -0.15) is 0 Å². The zero-order valence-electron chi connectivity index (χ0n) is 17.0. The third-order valence-corrected chi connectivity index (χ3v) is 5.41. The number of halogens is 2.